The highest BCUT2D eigenvalue weighted by molar-refractivity contribution is 6.31. The summed E-state index contributed by atoms with van der Waals surface area (Å²) in [4.78, 5) is 11.2. The fourth-order valence-corrected chi connectivity index (χ4v) is 1.59. The van der Waals surface area contributed by atoms with Crippen LogP contribution in [0.3, 0.4) is 0 Å². The minimum Gasteiger partial charge on any atom is -0.397 e. The van der Waals surface area contributed by atoms with Crippen molar-refractivity contribution in [3.63, 3.8) is 0 Å². The van der Waals surface area contributed by atoms with Crippen molar-refractivity contribution in [2.45, 2.75) is 19.9 Å². The van der Waals surface area contributed by atoms with Gasteiger partial charge in [-0.1, -0.05) is 25.4 Å². The maximum absolute atomic E-state index is 13.3. The van der Waals surface area contributed by atoms with Crippen molar-refractivity contribution in [1.82, 2.24) is 0 Å². The monoisotopic (exact) mass is 259 g/mol. The molecule has 0 radical (unpaired) electrons. The highest BCUT2D eigenvalue weighted by Gasteiger charge is 2.20. The molecule has 0 spiro atoms. The fourth-order valence-electron chi connectivity index (χ4n) is 1.42. The second-order valence-corrected chi connectivity index (χ2v) is 4.53. The summed E-state index contributed by atoms with van der Waals surface area (Å²) < 4.78 is 13.3. The quantitative estimate of drug-likeness (QED) is 0.723. The second-order valence-electron chi connectivity index (χ2n) is 4.12. The van der Waals surface area contributed by atoms with E-state index < -0.39 is 17.8 Å². The number of nitrogen functional groups attached to an aromatic ring is 1. The molecule has 0 aliphatic carbocycles. The number of primary amides is 1. The van der Waals surface area contributed by atoms with Gasteiger partial charge in [-0.25, -0.2) is 4.39 Å². The fraction of sp³-hybridized carbons (Fsp3) is 0.364. The number of anilines is 2. The van der Waals surface area contributed by atoms with Crippen LogP contribution in [-0.4, -0.2) is 11.9 Å². The zero-order valence-corrected chi connectivity index (χ0v) is 10.4. The Hall–Kier alpha value is -1.49. The Morgan fingerprint density at radius 3 is 2.53 bits per heavy atom. The van der Waals surface area contributed by atoms with Crippen LogP contribution in [0.5, 0.6) is 0 Å². The van der Waals surface area contributed by atoms with Crippen LogP contribution in [0, 0.1) is 11.7 Å². The van der Waals surface area contributed by atoms with Crippen molar-refractivity contribution in [1.29, 1.82) is 0 Å². The third-order valence-corrected chi connectivity index (χ3v) is 2.67. The first kappa shape index (κ1) is 13.6. The number of nitrogens with two attached hydrogens (primary N) is 2. The molecular formula is C11H15ClFN3O. The van der Waals surface area contributed by atoms with Gasteiger partial charge in [-0.3, -0.25) is 4.79 Å². The van der Waals surface area contributed by atoms with E-state index in [1.807, 2.05) is 13.8 Å². The summed E-state index contributed by atoms with van der Waals surface area (Å²) >= 11 is 5.57. The summed E-state index contributed by atoms with van der Waals surface area (Å²) in [5, 5.41) is 2.75. The normalized spacial score (nSPS) is 12.5. The van der Waals surface area contributed by atoms with E-state index in [1.165, 1.54) is 6.07 Å². The summed E-state index contributed by atoms with van der Waals surface area (Å²) in [6, 6.07) is 1.83. The van der Waals surface area contributed by atoms with E-state index in [4.69, 9.17) is 23.1 Å². The van der Waals surface area contributed by atoms with Gasteiger partial charge in [-0.2, -0.15) is 0 Å². The lowest BCUT2D eigenvalue weighted by Gasteiger charge is -2.21. The van der Waals surface area contributed by atoms with Crippen molar-refractivity contribution in [3.8, 4) is 0 Å². The van der Waals surface area contributed by atoms with Gasteiger partial charge in [-0.15, -0.1) is 0 Å². The molecule has 1 amide bonds. The molecule has 0 heterocycles. The number of hydrogen-bond donors (Lipinski definition) is 3. The molecule has 17 heavy (non-hydrogen) atoms. The van der Waals surface area contributed by atoms with Crippen LogP contribution < -0.4 is 16.8 Å². The Morgan fingerprint density at radius 1 is 1.47 bits per heavy atom. The van der Waals surface area contributed by atoms with Gasteiger partial charge in [0.1, 0.15) is 11.9 Å². The molecule has 0 fully saturated rings. The summed E-state index contributed by atoms with van der Waals surface area (Å²) in [6.07, 6.45) is 0. The first-order valence-electron chi connectivity index (χ1n) is 5.13. The van der Waals surface area contributed by atoms with Gasteiger partial charge in [0.2, 0.25) is 5.91 Å². The molecule has 1 rings (SSSR count). The summed E-state index contributed by atoms with van der Waals surface area (Å²) in [7, 11) is 0. The minimum absolute atomic E-state index is 0.0364. The van der Waals surface area contributed by atoms with Crippen LogP contribution in [0.4, 0.5) is 15.8 Å². The van der Waals surface area contributed by atoms with Crippen LogP contribution in [0.1, 0.15) is 13.8 Å². The molecule has 6 heteroatoms. The summed E-state index contributed by atoms with van der Waals surface area (Å²) in [5.41, 5.74) is 11.5. The first-order valence-corrected chi connectivity index (χ1v) is 5.51. The van der Waals surface area contributed by atoms with Crippen LogP contribution in [0.15, 0.2) is 12.1 Å². The molecule has 5 N–H and O–H groups in total. The SMILES string of the molecule is CC(C)C(Nc1cc(F)c(Cl)cc1N)C(N)=O. The van der Waals surface area contributed by atoms with Gasteiger partial charge in [0, 0.05) is 6.07 Å². The number of halogens is 2. The Bertz CT molecular complexity index is 437. The van der Waals surface area contributed by atoms with Crippen LogP contribution >= 0.6 is 11.6 Å². The molecule has 0 saturated carbocycles. The number of carbonyl (C=O) groups is 1. The van der Waals surface area contributed by atoms with Crippen molar-refractivity contribution in [3.05, 3.63) is 23.0 Å². The van der Waals surface area contributed by atoms with E-state index in [9.17, 15) is 9.18 Å². The molecule has 4 nitrogen and oxygen atoms in total. The number of rotatable bonds is 4. The van der Waals surface area contributed by atoms with E-state index in [0.29, 0.717) is 5.69 Å². The smallest absolute Gasteiger partial charge is 0.240 e. The average molecular weight is 260 g/mol. The third kappa shape index (κ3) is 3.23. The lowest BCUT2D eigenvalue weighted by atomic mass is 10.0. The van der Waals surface area contributed by atoms with Gasteiger partial charge in [0.15, 0.2) is 0 Å². The van der Waals surface area contributed by atoms with Crippen molar-refractivity contribution < 1.29 is 9.18 Å². The minimum atomic E-state index is -0.613. The third-order valence-electron chi connectivity index (χ3n) is 2.38. The van der Waals surface area contributed by atoms with Gasteiger partial charge < -0.3 is 16.8 Å². The zero-order chi connectivity index (χ0) is 13.2. The van der Waals surface area contributed by atoms with Gasteiger partial charge in [-0.05, 0) is 12.0 Å². The van der Waals surface area contributed by atoms with Gasteiger partial charge in [0.05, 0.1) is 16.4 Å². The summed E-state index contributed by atoms with van der Waals surface area (Å²) in [5.74, 6) is -1.16. The molecular weight excluding hydrogens is 245 g/mol. The molecule has 1 unspecified atom stereocenters. The second kappa shape index (κ2) is 5.23. The highest BCUT2D eigenvalue weighted by atomic mass is 35.5. The predicted octanol–water partition coefficient (Wildman–Crippen LogP) is 1.98. The van der Waals surface area contributed by atoms with E-state index >= 15 is 0 Å². The summed E-state index contributed by atoms with van der Waals surface area (Å²) in [6.45, 7) is 3.65. The topological polar surface area (TPSA) is 81.1 Å². The van der Waals surface area contributed by atoms with E-state index in [0.717, 1.165) is 6.07 Å². The molecule has 0 saturated heterocycles. The largest absolute Gasteiger partial charge is 0.397 e. The molecule has 0 aromatic heterocycles. The standard InChI is InChI=1S/C11H15ClFN3O/c1-5(2)10(11(15)17)16-9-4-7(13)6(12)3-8(9)14/h3-5,10,16H,14H2,1-2H3,(H2,15,17). The van der Waals surface area contributed by atoms with Gasteiger partial charge >= 0.3 is 0 Å². The first-order chi connectivity index (χ1) is 7.82. The lowest BCUT2D eigenvalue weighted by Crippen LogP contribution is -2.39. The maximum atomic E-state index is 13.3. The van der Waals surface area contributed by atoms with E-state index in [-0.39, 0.29) is 16.6 Å². The number of nitrogens with one attached hydrogen (secondary N) is 1. The Morgan fingerprint density at radius 2 is 2.06 bits per heavy atom. The predicted molar refractivity (Wildman–Crippen MR) is 67.3 cm³/mol. The average Bonchev–Trinajstić information content (AvgIpc) is 2.20. The Labute approximate surface area is 104 Å². The highest BCUT2D eigenvalue weighted by Crippen LogP contribution is 2.27. The van der Waals surface area contributed by atoms with Crippen molar-refractivity contribution in [2.24, 2.45) is 11.7 Å². The Kier molecular flexibility index (Phi) is 4.17. The van der Waals surface area contributed by atoms with Crippen LogP contribution in [0.25, 0.3) is 0 Å². The van der Waals surface area contributed by atoms with E-state index in [2.05, 4.69) is 5.32 Å². The van der Waals surface area contributed by atoms with Crippen LogP contribution in [0.2, 0.25) is 5.02 Å². The number of carbonyl (C=O) groups excluding carboxylic acids is 1. The number of hydrogen-bond acceptors (Lipinski definition) is 3. The van der Waals surface area contributed by atoms with E-state index in [1.54, 1.807) is 0 Å². The number of amides is 1. The molecule has 1 aromatic carbocycles. The van der Waals surface area contributed by atoms with Crippen LogP contribution in [-0.2, 0) is 4.79 Å². The Balaban J connectivity index is 3.01. The molecule has 1 atom stereocenters. The number of benzene rings is 1. The van der Waals surface area contributed by atoms with Gasteiger partial charge in [0.25, 0.3) is 0 Å². The molecule has 0 aliphatic heterocycles. The van der Waals surface area contributed by atoms with Crippen molar-refractivity contribution in [2.75, 3.05) is 11.1 Å². The molecule has 0 bridgehead atoms. The maximum Gasteiger partial charge on any atom is 0.240 e. The molecule has 0 aliphatic rings. The lowest BCUT2D eigenvalue weighted by molar-refractivity contribution is -0.119. The zero-order valence-electron chi connectivity index (χ0n) is 9.63. The molecule has 1 aromatic rings. The molecule has 94 valence electrons. The van der Waals surface area contributed by atoms with Crippen molar-refractivity contribution >= 4 is 28.9 Å².